The average molecular weight is 502 g/mol. The van der Waals surface area contributed by atoms with Crippen molar-refractivity contribution in [3.8, 4) is 5.75 Å². The Morgan fingerprint density at radius 2 is 1.44 bits per heavy atom. The molecule has 0 saturated carbocycles. The maximum Gasteiger partial charge on any atom is 0.336 e. The summed E-state index contributed by atoms with van der Waals surface area (Å²) in [5.41, 5.74) is 2.53. The first kappa shape index (κ1) is 25.0. The lowest BCUT2D eigenvalue weighted by Crippen LogP contribution is -2.11. The minimum absolute atomic E-state index is 0.193. The van der Waals surface area contributed by atoms with Crippen LogP contribution in [0.5, 0.6) is 5.75 Å². The monoisotopic (exact) mass is 501 g/mol. The Bertz CT molecular complexity index is 1290. The van der Waals surface area contributed by atoms with Crippen molar-refractivity contribution < 1.29 is 23.7 Å². The number of carbonyl (C=O) groups is 1. The highest BCUT2D eigenvalue weighted by atomic mass is 32.2. The van der Waals surface area contributed by atoms with E-state index in [-0.39, 0.29) is 16.5 Å². The number of carboxylic acid groups (broad SMARTS) is 1. The predicted octanol–water partition coefficient (Wildman–Crippen LogP) is 6.85. The Morgan fingerprint density at radius 3 is 1.94 bits per heavy atom. The Kier molecular flexibility index (Phi) is 7.99. The van der Waals surface area contributed by atoms with Crippen molar-refractivity contribution in [2.45, 2.75) is 11.4 Å². The van der Waals surface area contributed by atoms with Gasteiger partial charge in [0.25, 0.3) is 5.69 Å². The van der Waals surface area contributed by atoms with Crippen molar-refractivity contribution in [1.82, 2.24) is 0 Å². The van der Waals surface area contributed by atoms with Crippen LogP contribution >= 0.6 is 12.0 Å². The van der Waals surface area contributed by atoms with Crippen LogP contribution in [-0.4, -0.2) is 23.1 Å². The third-order valence-electron chi connectivity index (χ3n) is 5.63. The molecule has 0 spiro atoms. The SMILES string of the molecule is COc1ccc(C(OSC(c2ccccc2)c2ccccc2)c2ccc([N+](=O)[O-])cc2C(=O)O)cc1. The number of ether oxygens (including phenoxy) is 1. The van der Waals surface area contributed by atoms with Gasteiger partial charge in [-0.25, -0.2) is 4.79 Å². The lowest BCUT2D eigenvalue weighted by Gasteiger charge is -2.24. The lowest BCUT2D eigenvalue weighted by atomic mass is 9.96. The molecule has 1 atom stereocenters. The molecule has 182 valence electrons. The highest BCUT2D eigenvalue weighted by molar-refractivity contribution is 7.95. The number of nitro benzene ring substituents is 1. The molecular formula is C28H23NO6S. The van der Waals surface area contributed by atoms with Gasteiger partial charge >= 0.3 is 5.97 Å². The second-order valence-corrected chi connectivity index (χ2v) is 8.74. The van der Waals surface area contributed by atoms with Crippen LogP contribution in [0.15, 0.2) is 103 Å². The van der Waals surface area contributed by atoms with Crippen molar-refractivity contribution in [2.75, 3.05) is 7.11 Å². The van der Waals surface area contributed by atoms with Crippen LogP contribution in [0.25, 0.3) is 0 Å². The number of hydrogen-bond acceptors (Lipinski definition) is 6. The first-order valence-corrected chi connectivity index (χ1v) is 11.9. The van der Waals surface area contributed by atoms with E-state index >= 15 is 0 Å². The number of methoxy groups -OCH3 is 1. The van der Waals surface area contributed by atoms with E-state index in [1.165, 1.54) is 24.2 Å². The molecule has 0 heterocycles. The van der Waals surface area contributed by atoms with Gasteiger partial charge in [0.15, 0.2) is 0 Å². The molecule has 36 heavy (non-hydrogen) atoms. The number of carboxylic acids is 1. The van der Waals surface area contributed by atoms with E-state index in [1.54, 1.807) is 31.4 Å². The standard InChI is InChI=1S/C28H23NO6S/c1-34-23-15-12-19(13-16-23)26(24-17-14-22(29(32)33)18-25(24)28(30)31)35-36-27(20-8-4-2-5-9-20)21-10-6-3-7-11-21/h2-18,26-27H,1H3,(H,30,31). The molecule has 8 heteroatoms. The molecule has 0 fully saturated rings. The summed E-state index contributed by atoms with van der Waals surface area (Å²) >= 11 is 1.21. The minimum Gasteiger partial charge on any atom is -0.497 e. The number of aromatic carboxylic acids is 1. The first-order chi connectivity index (χ1) is 17.5. The van der Waals surface area contributed by atoms with Gasteiger partial charge in [-0.05, 0) is 34.9 Å². The zero-order valence-corrected chi connectivity index (χ0v) is 20.1. The Balaban J connectivity index is 1.76. The molecule has 1 N–H and O–H groups in total. The van der Waals surface area contributed by atoms with E-state index in [4.69, 9.17) is 8.92 Å². The predicted molar refractivity (Wildman–Crippen MR) is 138 cm³/mol. The van der Waals surface area contributed by atoms with Crippen LogP contribution in [0.3, 0.4) is 0 Å². The first-order valence-electron chi connectivity index (χ1n) is 11.1. The van der Waals surface area contributed by atoms with Crippen LogP contribution in [0.1, 0.15) is 44.0 Å². The van der Waals surface area contributed by atoms with Gasteiger partial charge in [-0.2, -0.15) is 0 Å². The molecular weight excluding hydrogens is 478 g/mol. The molecule has 7 nitrogen and oxygen atoms in total. The summed E-state index contributed by atoms with van der Waals surface area (Å²) < 4.78 is 11.7. The van der Waals surface area contributed by atoms with Gasteiger partial charge in [0.05, 0.1) is 22.8 Å². The number of nitro groups is 1. The molecule has 0 bridgehead atoms. The van der Waals surface area contributed by atoms with Crippen LogP contribution in [0.2, 0.25) is 0 Å². The number of hydrogen-bond donors (Lipinski definition) is 1. The Labute approximate surface area is 212 Å². The molecule has 1 unspecified atom stereocenters. The van der Waals surface area contributed by atoms with Gasteiger partial charge in [0.2, 0.25) is 0 Å². The molecule has 0 aliphatic heterocycles. The van der Waals surface area contributed by atoms with Crippen LogP contribution < -0.4 is 4.74 Å². The molecule has 0 amide bonds. The average Bonchev–Trinajstić information content (AvgIpc) is 2.92. The van der Waals surface area contributed by atoms with Crippen molar-refractivity contribution in [3.05, 3.63) is 141 Å². The zero-order valence-electron chi connectivity index (χ0n) is 19.3. The van der Waals surface area contributed by atoms with Gasteiger partial charge in [-0.1, -0.05) is 72.8 Å². The molecule has 4 aromatic rings. The highest BCUT2D eigenvalue weighted by Crippen LogP contribution is 2.42. The van der Waals surface area contributed by atoms with Gasteiger partial charge in [-0.15, -0.1) is 0 Å². The van der Waals surface area contributed by atoms with Crippen molar-refractivity contribution in [2.24, 2.45) is 0 Å². The van der Waals surface area contributed by atoms with E-state index in [1.807, 2.05) is 60.7 Å². The zero-order chi connectivity index (χ0) is 25.5. The van der Waals surface area contributed by atoms with Crippen LogP contribution in [0, 0.1) is 10.1 Å². The summed E-state index contributed by atoms with van der Waals surface area (Å²) in [6.45, 7) is 0. The van der Waals surface area contributed by atoms with Crippen molar-refractivity contribution in [3.63, 3.8) is 0 Å². The topological polar surface area (TPSA) is 98.9 Å². The molecule has 0 aromatic heterocycles. The van der Waals surface area contributed by atoms with Gasteiger partial charge < -0.3 is 14.0 Å². The Morgan fingerprint density at radius 1 is 0.861 bits per heavy atom. The smallest absolute Gasteiger partial charge is 0.336 e. The fourth-order valence-corrected chi connectivity index (χ4v) is 4.78. The fraction of sp³-hybridized carbons (Fsp3) is 0.107. The summed E-state index contributed by atoms with van der Waals surface area (Å²) in [6.07, 6.45) is -0.817. The highest BCUT2D eigenvalue weighted by Gasteiger charge is 2.27. The molecule has 4 aromatic carbocycles. The largest absolute Gasteiger partial charge is 0.497 e. The molecule has 4 rings (SSSR count). The quantitative estimate of drug-likeness (QED) is 0.144. The molecule has 0 saturated heterocycles. The van der Waals surface area contributed by atoms with Crippen LogP contribution in [0.4, 0.5) is 5.69 Å². The van der Waals surface area contributed by atoms with E-state index in [0.29, 0.717) is 16.9 Å². The van der Waals surface area contributed by atoms with Crippen molar-refractivity contribution in [1.29, 1.82) is 0 Å². The molecule has 0 aliphatic rings. The summed E-state index contributed by atoms with van der Waals surface area (Å²) in [4.78, 5) is 22.8. The van der Waals surface area contributed by atoms with E-state index in [9.17, 15) is 20.0 Å². The van der Waals surface area contributed by atoms with E-state index < -0.39 is 17.0 Å². The van der Waals surface area contributed by atoms with Gasteiger partial charge in [-0.3, -0.25) is 10.1 Å². The van der Waals surface area contributed by atoms with Gasteiger partial charge in [0, 0.05) is 29.7 Å². The summed E-state index contributed by atoms with van der Waals surface area (Å²) in [7, 11) is 1.56. The number of non-ortho nitro benzene ring substituents is 1. The van der Waals surface area contributed by atoms with Crippen molar-refractivity contribution >= 4 is 23.7 Å². The fourth-order valence-electron chi connectivity index (χ4n) is 3.81. The summed E-state index contributed by atoms with van der Waals surface area (Å²) in [5.74, 6) is -0.637. The third-order valence-corrected chi connectivity index (χ3v) is 6.67. The number of benzene rings is 4. The second kappa shape index (κ2) is 11.5. The summed E-state index contributed by atoms with van der Waals surface area (Å²) in [6, 6.07) is 30.6. The van der Waals surface area contributed by atoms with Crippen LogP contribution in [-0.2, 0) is 4.18 Å². The molecule has 0 aliphatic carbocycles. The minimum atomic E-state index is -1.27. The maximum absolute atomic E-state index is 12.1. The van der Waals surface area contributed by atoms with E-state index in [0.717, 1.165) is 17.2 Å². The molecule has 0 radical (unpaired) electrons. The normalized spacial score (nSPS) is 11.7. The van der Waals surface area contributed by atoms with E-state index in [2.05, 4.69) is 0 Å². The summed E-state index contributed by atoms with van der Waals surface area (Å²) in [5, 5.41) is 21.0. The van der Waals surface area contributed by atoms with Gasteiger partial charge in [0.1, 0.15) is 11.9 Å². The third kappa shape index (κ3) is 5.73. The number of nitrogens with zero attached hydrogens (tertiary/aromatic N) is 1. The Hall–Kier alpha value is -4.14. The second-order valence-electron chi connectivity index (χ2n) is 7.88. The maximum atomic E-state index is 12.1. The lowest BCUT2D eigenvalue weighted by molar-refractivity contribution is -0.384. The number of rotatable bonds is 10.